The fourth-order valence-electron chi connectivity index (χ4n) is 1.95. The van der Waals surface area contributed by atoms with Crippen LogP contribution in [0.5, 0.6) is 5.75 Å². The van der Waals surface area contributed by atoms with E-state index in [4.69, 9.17) is 10.5 Å². The largest absolute Gasteiger partial charge is 0.488 e. The Hall–Kier alpha value is -0.910. The predicted octanol–water partition coefficient (Wildman–Crippen LogP) is 4.82. The maximum Gasteiger partial charge on any atom is 0.134 e. The summed E-state index contributed by atoms with van der Waals surface area (Å²) >= 11 is 6.84. The molecule has 5 heteroatoms. The minimum Gasteiger partial charge on any atom is -0.488 e. The minimum absolute atomic E-state index is 0.124. The molecule has 2 N–H and O–H groups in total. The second kappa shape index (κ2) is 7.38. The third-order valence-corrected chi connectivity index (χ3v) is 4.31. The lowest BCUT2D eigenvalue weighted by molar-refractivity contribution is 0.303. The highest BCUT2D eigenvalue weighted by Crippen LogP contribution is 2.28. The number of benzene rings is 2. The molecule has 1 unspecified atom stereocenters. The lowest BCUT2D eigenvalue weighted by Crippen LogP contribution is -2.17. The molecule has 2 aromatic carbocycles. The van der Waals surface area contributed by atoms with Crippen LogP contribution >= 0.6 is 31.9 Å². The molecule has 0 radical (unpaired) electrons. The zero-order chi connectivity index (χ0) is 15.4. The van der Waals surface area contributed by atoms with Crippen molar-refractivity contribution in [1.82, 2.24) is 0 Å². The molecular formula is C16H16Br2FNO. The zero-order valence-corrected chi connectivity index (χ0v) is 14.7. The van der Waals surface area contributed by atoms with Gasteiger partial charge in [-0.15, -0.1) is 0 Å². The predicted molar refractivity (Wildman–Crippen MR) is 89.9 cm³/mol. The van der Waals surface area contributed by atoms with E-state index in [0.29, 0.717) is 11.1 Å². The van der Waals surface area contributed by atoms with Gasteiger partial charge in [0, 0.05) is 16.1 Å². The van der Waals surface area contributed by atoms with Crippen molar-refractivity contribution in [2.45, 2.75) is 26.0 Å². The van der Waals surface area contributed by atoms with E-state index in [9.17, 15) is 4.39 Å². The van der Waals surface area contributed by atoms with Gasteiger partial charge in [-0.25, -0.2) is 4.39 Å². The average Bonchev–Trinajstić information content (AvgIpc) is 2.39. The molecular weight excluding hydrogens is 401 g/mol. The van der Waals surface area contributed by atoms with Gasteiger partial charge in [0.25, 0.3) is 0 Å². The van der Waals surface area contributed by atoms with Gasteiger partial charge in [0.1, 0.15) is 18.2 Å². The Morgan fingerprint density at radius 3 is 2.52 bits per heavy atom. The van der Waals surface area contributed by atoms with Gasteiger partial charge < -0.3 is 10.5 Å². The van der Waals surface area contributed by atoms with Crippen LogP contribution in [-0.2, 0) is 13.0 Å². The van der Waals surface area contributed by atoms with Crippen LogP contribution in [0.25, 0.3) is 0 Å². The van der Waals surface area contributed by atoms with Gasteiger partial charge in [0.15, 0.2) is 0 Å². The van der Waals surface area contributed by atoms with Gasteiger partial charge in [-0.05, 0) is 59.1 Å². The fraction of sp³-hybridized carbons (Fsp3) is 0.250. The smallest absolute Gasteiger partial charge is 0.134 e. The van der Waals surface area contributed by atoms with Crippen LogP contribution in [0.4, 0.5) is 4.39 Å². The van der Waals surface area contributed by atoms with E-state index in [1.165, 1.54) is 12.1 Å². The van der Waals surface area contributed by atoms with Crippen molar-refractivity contribution in [2.75, 3.05) is 0 Å². The van der Waals surface area contributed by atoms with E-state index < -0.39 is 0 Å². The molecule has 2 rings (SSSR count). The summed E-state index contributed by atoms with van der Waals surface area (Å²) < 4.78 is 20.4. The summed E-state index contributed by atoms with van der Waals surface area (Å²) in [7, 11) is 0. The van der Waals surface area contributed by atoms with Crippen LogP contribution in [0.1, 0.15) is 18.1 Å². The van der Waals surface area contributed by atoms with Gasteiger partial charge >= 0.3 is 0 Å². The van der Waals surface area contributed by atoms with Crippen molar-refractivity contribution in [2.24, 2.45) is 5.73 Å². The molecule has 0 saturated carbocycles. The molecule has 2 nitrogen and oxygen atoms in total. The monoisotopic (exact) mass is 415 g/mol. The summed E-state index contributed by atoms with van der Waals surface area (Å²) in [6.07, 6.45) is 0.822. The van der Waals surface area contributed by atoms with Gasteiger partial charge in [0.2, 0.25) is 0 Å². The van der Waals surface area contributed by atoms with Crippen molar-refractivity contribution < 1.29 is 9.13 Å². The normalized spacial score (nSPS) is 12.2. The maximum absolute atomic E-state index is 13.0. The molecule has 0 aromatic heterocycles. The molecule has 1 atom stereocenters. The van der Waals surface area contributed by atoms with Crippen LogP contribution in [0.3, 0.4) is 0 Å². The lowest BCUT2D eigenvalue weighted by Gasteiger charge is -2.12. The third-order valence-electron chi connectivity index (χ3n) is 2.95. The van der Waals surface area contributed by atoms with E-state index in [1.54, 1.807) is 6.07 Å². The summed E-state index contributed by atoms with van der Waals surface area (Å²) in [5.74, 6) is 0.478. The zero-order valence-electron chi connectivity index (χ0n) is 11.6. The van der Waals surface area contributed by atoms with Crippen LogP contribution in [0.2, 0.25) is 0 Å². The number of nitrogens with two attached hydrogens (primary N) is 1. The maximum atomic E-state index is 13.0. The molecule has 0 aliphatic heterocycles. The van der Waals surface area contributed by atoms with Crippen LogP contribution in [0, 0.1) is 5.82 Å². The molecule has 0 fully saturated rings. The Labute approximate surface area is 140 Å². The van der Waals surface area contributed by atoms with Crippen molar-refractivity contribution in [1.29, 1.82) is 0 Å². The SMILES string of the molecule is CC(N)Cc1ccc(OCc2ccc(F)cc2Br)c(Br)c1. The number of halogens is 3. The number of hydrogen-bond acceptors (Lipinski definition) is 2. The summed E-state index contributed by atoms with van der Waals surface area (Å²) in [4.78, 5) is 0. The lowest BCUT2D eigenvalue weighted by atomic mass is 10.1. The number of rotatable bonds is 5. The first-order chi connectivity index (χ1) is 9.95. The van der Waals surface area contributed by atoms with Crippen LogP contribution < -0.4 is 10.5 Å². The Morgan fingerprint density at radius 1 is 1.14 bits per heavy atom. The Morgan fingerprint density at radius 2 is 1.90 bits per heavy atom. The highest BCUT2D eigenvalue weighted by molar-refractivity contribution is 9.10. The topological polar surface area (TPSA) is 35.2 Å². The quantitative estimate of drug-likeness (QED) is 0.758. The van der Waals surface area contributed by atoms with E-state index in [-0.39, 0.29) is 11.9 Å². The summed E-state index contributed by atoms with van der Waals surface area (Å²) in [6.45, 7) is 2.34. The second-order valence-corrected chi connectivity index (χ2v) is 6.68. The average molecular weight is 417 g/mol. The molecule has 21 heavy (non-hydrogen) atoms. The minimum atomic E-state index is -0.271. The van der Waals surface area contributed by atoms with E-state index >= 15 is 0 Å². The molecule has 0 bridgehead atoms. The first-order valence-electron chi connectivity index (χ1n) is 6.56. The second-order valence-electron chi connectivity index (χ2n) is 4.97. The molecule has 112 valence electrons. The van der Waals surface area contributed by atoms with Crippen LogP contribution in [-0.4, -0.2) is 6.04 Å². The van der Waals surface area contributed by atoms with Crippen LogP contribution in [0.15, 0.2) is 45.3 Å². The summed E-state index contributed by atoms with van der Waals surface area (Å²) in [6, 6.07) is 10.6. The van der Waals surface area contributed by atoms with Gasteiger partial charge in [-0.3, -0.25) is 0 Å². The van der Waals surface area contributed by atoms with Crippen molar-refractivity contribution >= 4 is 31.9 Å². The summed E-state index contributed by atoms with van der Waals surface area (Å²) in [5, 5.41) is 0. The highest BCUT2D eigenvalue weighted by atomic mass is 79.9. The van der Waals surface area contributed by atoms with Crippen molar-refractivity contribution in [3.05, 3.63) is 62.3 Å². The Bertz CT molecular complexity index is 632. The number of hydrogen-bond donors (Lipinski definition) is 1. The molecule has 0 aliphatic rings. The van der Waals surface area contributed by atoms with Crippen molar-refractivity contribution in [3.8, 4) is 5.75 Å². The van der Waals surface area contributed by atoms with E-state index in [2.05, 4.69) is 31.9 Å². The molecule has 0 spiro atoms. The fourth-order valence-corrected chi connectivity index (χ4v) is 2.96. The molecule has 0 amide bonds. The molecule has 0 saturated heterocycles. The first-order valence-corrected chi connectivity index (χ1v) is 8.15. The molecule has 2 aromatic rings. The number of ether oxygens (including phenoxy) is 1. The molecule has 0 aliphatic carbocycles. The standard InChI is InChI=1S/C16H16Br2FNO/c1-10(20)6-11-2-5-16(15(18)7-11)21-9-12-3-4-13(19)8-14(12)17/h2-5,7-8,10H,6,9,20H2,1H3. The first kappa shape index (κ1) is 16.5. The van der Waals surface area contributed by atoms with E-state index in [1.807, 2.05) is 25.1 Å². The molecule has 0 heterocycles. The van der Waals surface area contributed by atoms with E-state index in [0.717, 1.165) is 27.8 Å². The van der Waals surface area contributed by atoms with Gasteiger partial charge in [-0.1, -0.05) is 28.1 Å². The summed E-state index contributed by atoms with van der Waals surface area (Å²) in [5.41, 5.74) is 7.84. The highest BCUT2D eigenvalue weighted by Gasteiger charge is 2.07. The van der Waals surface area contributed by atoms with Gasteiger partial charge in [0.05, 0.1) is 4.47 Å². The Kier molecular flexibility index (Phi) is 5.79. The third kappa shape index (κ3) is 4.80. The Balaban J connectivity index is 2.06. The van der Waals surface area contributed by atoms with Gasteiger partial charge in [-0.2, -0.15) is 0 Å². The van der Waals surface area contributed by atoms with Crippen molar-refractivity contribution in [3.63, 3.8) is 0 Å².